The summed E-state index contributed by atoms with van der Waals surface area (Å²) in [4.78, 5) is 38.3. The van der Waals surface area contributed by atoms with Gasteiger partial charge in [0, 0.05) is 21.5 Å². The van der Waals surface area contributed by atoms with Gasteiger partial charge in [-0.15, -0.1) is 34.0 Å². The second-order valence-corrected chi connectivity index (χ2v) is 13.1. The van der Waals surface area contributed by atoms with Gasteiger partial charge in [0.2, 0.25) is 0 Å². The fourth-order valence-corrected chi connectivity index (χ4v) is 8.64. The van der Waals surface area contributed by atoms with Crippen LogP contribution in [-0.4, -0.2) is 18.8 Å². The average Bonchev–Trinajstić information content (AvgIpc) is 3.49. The summed E-state index contributed by atoms with van der Waals surface area (Å²) in [5, 5.41) is 3.40. The lowest BCUT2D eigenvalue weighted by atomic mass is 10.0. The minimum Gasteiger partial charge on any atom is -0.267 e. The smallest absolute Gasteiger partial charge is 0.267 e. The molecule has 1 aromatic carbocycles. The lowest BCUT2D eigenvalue weighted by Crippen LogP contribution is -2.12. The third kappa shape index (κ3) is 1.90. The molecule has 0 aliphatic rings. The highest BCUT2D eigenvalue weighted by Gasteiger charge is 2.25. The Labute approximate surface area is 198 Å². The van der Waals surface area contributed by atoms with E-state index in [4.69, 9.17) is 9.97 Å². The van der Waals surface area contributed by atoms with Crippen LogP contribution in [0.2, 0.25) is 0 Å². The molecule has 7 aromatic heterocycles. The predicted molar refractivity (Wildman–Crippen MR) is 135 cm³/mol. The number of rotatable bonds is 0. The Kier molecular flexibility index (Phi) is 3.03. The second-order valence-electron chi connectivity index (χ2n) is 7.30. The Hall–Kier alpha value is -2.18. The molecular weight excluding hydrogens is 584 g/mol. The van der Waals surface area contributed by atoms with Gasteiger partial charge >= 0.3 is 0 Å². The van der Waals surface area contributed by atoms with Crippen LogP contribution in [0.3, 0.4) is 0 Å². The van der Waals surface area contributed by atoms with Crippen molar-refractivity contribution in [2.24, 2.45) is 0 Å². The van der Waals surface area contributed by atoms with Crippen LogP contribution in [0.15, 0.2) is 41.4 Å². The zero-order valence-corrected chi connectivity index (χ0v) is 20.5. The quantitative estimate of drug-likeness (QED) is 0.202. The van der Waals surface area contributed by atoms with Gasteiger partial charge in [-0.25, -0.2) is 9.97 Å². The maximum Gasteiger partial charge on any atom is 0.274 e. The molecule has 148 valence electrons. The Balaban J connectivity index is 1.71. The first-order valence-corrected chi connectivity index (χ1v) is 13.1. The van der Waals surface area contributed by atoms with E-state index in [1.165, 1.54) is 34.0 Å². The van der Waals surface area contributed by atoms with E-state index in [1.54, 1.807) is 8.80 Å². The molecule has 0 bridgehead atoms. The SMILES string of the molecule is O=c1c2sc3c(=O)n4c5cc(Br)sc5nc4c4ccc(c2c34)c2nc3sc(Br)cc3n12. The molecule has 31 heavy (non-hydrogen) atoms. The standard InChI is InChI=1S/C20H4Br2N4O2S3/c21-9-3-7-17(29-9)23-15-5-1-2-6-12-11(5)13(19(27)25(7)15)31-14(12)20(28)26-8-4-10(22)30-18(8)24-16(6)26/h1-4H. The van der Waals surface area contributed by atoms with Gasteiger partial charge in [0.05, 0.1) is 18.6 Å². The minimum absolute atomic E-state index is 0.135. The van der Waals surface area contributed by atoms with Gasteiger partial charge < -0.3 is 0 Å². The molecule has 8 rings (SSSR count). The fourth-order valence-electron chi connectivity index (χ4n) is 4.62. The molecule has 0 saturated carbocycles. The van der Waals surface area contributed by atoms with Crippen molar-refractivity contribution in [3.05, 3.63) is 52.5 Å². The van der Waals surface area contributed by atoms with Crippen LogP contribution < -0.4 is 11.1 Å². The summed E-state index contributed by atoms with van der Waals surface area (Å²) >= 11 is 11.2. The first kappa shape index (κ1) is 17.4. The van der Waals surface area contributed by atoms with Gasteiger partial charge in [-0.2, -0.15) is 0 Å². The molecule has 6 nitrogen and oxygen atoms in total. The van der Waals surface area contributed by atoms with Gasteiger partial charge in [0.1, 0.15) is 30.4 Å². The fraction of sp³-hybridized carbons (Fsp3) is 0. The highest BCUT2D eigenvalue weighted by Crippen LogP contribution is 2.42. The molecule has 0 unspecified atom stereocenters. The number of benzene rings is 1. The third-order valence-corrected chi connectivity index (χ3v) is 10.00. The maximum atomic E-state index is 13.6. The van der Waals surface area contributed by atoms with Gasteiger partial charge in [0.15, 0.2) is 0 Å². The number of hydrogen-bond donors (Lipinski definition) is 0. The highest BCUT2D eigenvalue weighted by molar-refractivity contribution is 9.11. The lowest BCUT2D eigenvalue weighted by molar-refractivity contribution is 1.19. The molecule has 0 spiro atoms. The largest absolute Gasteiger partial charge is 0.274 e. The number of hydrogen-bond acceptors (Lipinski definition) is 7. The Morgan fingerprint density at radius 3 is 1.61 bits per heavy atom. The number of aromatic nitrogens is 4. The van der Waals surface area contributed by atoms with Crippen molar-refractivity contribution in [3.63, 3.8) is 0 Å². The summed E-state index contributed by atoms with van der Waals surface area (Å²) in [6.07, 6.45) is 0. The monoisotopic (exact) mass is 586 g/mol. The molecule has 0 atom stereocenters. The van der Waals surface area contributed by atoms with Gasteiger partial charge in [0.25, 0.3) is 11.1 Å². The van der Waals surface area contributed by atoms with Crippen molar-refractivity contribution in [2.45, 2.75) is 0 Å². The molecule has 8 aromatic rings. The van der Waals surface area contributed by atoms with Crippen LogP contribution in [0.5, 0.6) is 0 Å². The number of pyridine rings is 2. The van der Waals surface area contributed by atoms with Crippen molar-refractivity contribution in [2.75, 3.05) is 0 Å². The van der Waals surface area contributed by atoms with Crippen molar-refractivity contribution >= 4 is 129 Å². The highest BCUT2D eigenvalue weighted by atomic mass is 79.9. The number of thiophene rings is 3. The van der Waals surface area contributed by atoms with E-state index in [0.717, 1.165) is 49.8 Å². The number of nitrogens with zero attached hydrogens (tertiary/aromatic N) is 4. The Morgan fingerprint density at radius 1 is 0.710 bits per heavy atom. The number of imidazole rings is 2. The van der Waals surface area contributed by atoms with Crippen LogP contribution in [0.4, 0.5) is 0 Å². The van der Waals surface area contributed by atoms with Gasteiger partial charge in [-0.3, -0.25) is 18.4 Å². The first-order valence-electron chi connectivity index (χ1n) is 9.06. The minimum atomic E-state index is -0.135. The lowest BCUT2D eigenvalue weighted by Gasteiger charge is -2.05. The van der Waals surface area contributed by atoms with Gasteiger partial charge in [-0.1, -0.05) is 0 Å². The van der Waals surface area contributed by atoms with Crippen molar-refractivity contribution in [1.82, 2.24) is 18.8 Å². The summed E-state index contributed by atoms with van der Waals surface area (Å²) in [5.41, 5.74) is 2.57. The molecule has 0 aliphatic carbocycles. The molecule has 0 amide bonds. The van der Waals surface area contributed by atoms with E-state index in [-0.39, 0.29) is 11.1 Å². The zero-order chi connectivity index (χ0) is 20.8. The molecule has 0 aliphatic heterocycles. The summed E-state index contributed by atoms with van der Waals surface area (Å²) in [7, 11) is 0. The number of fused-ring (bicyclic) bond motifs is 8. The molecule has 0 N–H and O–H groups in total. The summed E-state index contributed by atoms with van der Waals surface area (Å²) in [6, 6.07) is 7.84. The summed E-state index contributed by atoms with van der Waals surface area (Å²) in [5.74, 6) is 0. The van der Waals surface area contributed by atoms with E-state index in [2.05, 4.69) is 31.9 Å². The van der Waals surface area contributed by atoms with Crippen LogP contribution >= 0.6 is 65.9 Å². The maximum absolute atomic E-state index is 13.6. The van der Waals surface area contributed by atoms with Crippen molar-refractivity contribution in [1.29, 1.82) is 0 Å². The van der Waals surface area contributed by atoms with E-state index in [9.17, 15) is 9.59 Å². The topological polar surface area (TPSA) is 68.7 Å². The molecule has 7 heterocycles. The Bertz CT molecular complexity index is 2030. The van der Waals surface area contributed by atoms with E-state index in [1.807, 2.05) is 24.3 Å². The Morgan fingerprint density at radius 2 is 1.16 bits per heavy atom. The van der Waals surface area contributed by atoms with Crippen LogP contribution in [0, 0.1) is 0 Å². The van der Waals surface area contributed by atoms with Gasteiger partial charge in [-0.05, 0) is 56.1 Å². The number of halogens is 2. The van der Waals surface area contributed by atoms with E-state index < -0.39 is 0 Å². The molecule has 0 radical (unpaired) electrons. The van der Waals surface area contributed by atoms with E-state index in [0.29, 0.717) is 20.7 Å². The third-order valence-electron chi connectivity index (χ3n) is 5.79. The average molecular weight is 588 g/mol. The van der Waals surface area contributed by atoms with Crippen LogP contribution in [0.25, 0.3) is 62.9 Å². The molecule has 0 saturated heterocycles. The molecular formula is C20H4Br2N4O2S3. The molecule has 11 heteroatoms. The second kappa shape index (κ2) is 5.41. The van der Waals surface area contributed by atoms with Crippen LogP contribution in [-0.2, 0) is 0 Å². The summed E-state index contributed by atoms with van der Waals surface area (Å²) < 4.78 is 6.35. The predicted octanol–water partition coefficient (Wildman–Crippen LogP) is 6.05. The van der Waals surface area contributed by atoms with Crippen molar-refractivity contribution in [3.8, 4) is 0 Å². The van der Waals surface area contributed by atoms with Crippen LogP contribution in [0.1, 0.15) is 0 Å². The normalized spacial score (nSPS) is 13.1. The molecule has 0 fully saturated rings. The zero-order valence-electron chi connectivity index (χ0n) is 14.9. The van der Waals surface area contributed by atoms with E-state index >= 15 is 0 Å². The van der Waals surface area contributed by atoms with Crippen molar-refractivity contribution < 1.29 is 0 Å². The first-order chi connectivity index (χ1) is 15.0. The summed E-state index contributed by atoms with van der Waals surface area (Å²) in [6.45, 7) is 0.